The highest BCUT2D eigenvalue weighted by atomic mass is 32.2. The summed E-state index contributed by atoms with van der Waals surface area (Å²) in [6.45, 7) is 3.54. The fourth-order valence-corrected chi connectivity index (χ4v) is 6.90. The number of carbonyl (C=O) groups excluding carboxylic acids is 6. The van der Waals surface area contributed by atoms with E-state index in [1.165, 1.54) is 6.92 Å². The van der Waals surface area contributed by atoms with E-state index in [2.05, 4.69) is 5.32 Å². The molecular formula is C25H39NO7S2. The van der Waals surface area contributed by atoms with Crippen molar-refractivity contribution in [2.24, 2.45) is 11.8 Å². The first-order chi connectivity index (χ1) is 17.5. The molecule has 1 saturated carbocycles. The predicted molar refractivity (Wildman–Crippen MR) is 139 cm³/mol. The van der Waals surface area contributed by atoms with Crippen LogP contribution < -0.4 is 5.32 Å². The van der Waals surface area contributed by atoms with Crippen LogP contribution in [0.5, 0.6) is 0 Å². The monoisotopic (exact) mass is 531 g/mol. The molecule has 1 amide bonds. The van der Waals surface area contributed by atoms with Gasteiger partial charge in [-0.25, -0.2) is 0 Å². The highest BCUT2D eigenvalue weighted by Crippen LogP contribution is 2.42. The van der Waals surface area contributed by atoms with E-state index in [0.29, 0.717) is 34.8 Å². The molecule has 0 bridgehead atoms. The average molecular weight is 532 g/mol. The van der Waals surface area contributed by atoms with Crippen molar-refractivity contribution in [3.8, 4) is 0 Å². The van der Waals surface area contributed by atoms with E-state index in [9.17, 15) is 28.8 Å². The zero-order valence-electron chi connectivity index (χ0n) is 22.7. The van der Waals surface area contributed by atoms with Crippen LogP contribution in [0.4, 0.5) is 0 Å². The van der Waals surface area contributed by atoms with Gasteiger partial charge in [0.15, 0.2) is 0 Å². The Hall–Kier alpha value is -1.52. The zero-order valence-corrected chi connectivity index (χ0v) is 22.3. The normalized spacial score (nSPS) is 19.5. The van der Waals surface area contributed by atoms with E-state index in [-0.39, 0.29) is 74.6 Å². The summed E-state index contributed by atoms with van der Waals surface area (Å²) in [7, 11) is 0. The lowest BCUT2D eigenvalue weighted by Crippen LogP contribution is -2.36. The Kier molecular flexibility index (Phi) is 15.0. The first-order valence-corrected chi connectivity index (χ1v) is 14.2. The van der Waals surface area contributed by atoms with E-state index >= 15 is 0 Å². The van der Waals surface area contributed by atoms with Crippen LogP contribution in [0.2, 0.25) is 0 Å². The molecule has 198 valence electrons. The largest absolute Gasteiger partial charge is 0.381 e. The molecule has 1 aliphatic carbocycles. The maximum atomic E-state index is 12.7. The average Bonchev–Trinajstić information content (AvgIpc) is 2.81. The van der Waals surface area contributed by atoms with Crippen molar-refractivity contribution in [2.75, 3.05) is 31.3 Å². The van der Waals surface area contributed by atoms with Crippen molar-refractivity contribution in [2.45, 2.75) is 75.7 Å². The van der Waals surface area contributed by atoms with Crippen LogP contribution in [0.15, 0.2) is 0 Å². The second kappa shape index (κ2) is 18.7. The van der Waals surface area contributed by atoms with Crippen LogP contribution in [0, 0.1) is 11.8 Å². The Labute approximate surface area is 219 Å². The van der Waals surface area contributed by atoms with Gasteiger partial charge in [-0.1, -0.05) is 6.92 Å². The lowest BCUT2D eigenvalue weighted by molar-refractivity contribution is -0.128. The number of carbonyl (C=O) groups is 6. The first kappa shape index (κ1) is 28.1. The molecule has 1 N–H and O–H groups in total. The number of ether oxygens (including phenoxy) is 1. The summed E-state index contributed by atoms with van der Waals surface area (Å²) in [6, 6.07) is 0. The number of nitrogens with one attached hydrogen (secondary N) is 1. The summed E-state index contributed by atoms with van der Waals surface area (Å²) in [5, 5.41) is 3.11. The summed E-state index contributed by atoms with van der Waals surface area (Å²) >= 11 is 3.33. The predicted octanol–water partition coefficient (Wildman–Crippen LogP) is 2.83. The van der Waals surface area contributed by atoms with E-state index in [1.54, 1.807) is 23.5 Å². The van der Waals surface area contributed by atoms with Crippen LogP contribution in [-0.2, 0) is 33.5 Å². The van der Waals surface area contributed by atoms with Crippen LogP contribution in [0.1, 0.15) is 68.0 Å². The third-order valence-electron chi connectivity index (χ3n) is 5.90. The maximum absolute atomic E-state index is 12.7. The minimum absolute atomic E-state index is 0.0135. The van der Waals surface area contributed by atoms with Gasteiger partial charge in [-0.15, -0.1) is 0 Å². The molecule has 8 nitrogen and oxygen atoms in total. The molecule has 0 aliphatic heterocycles. The van der Waals surface area contributed by atoms with Crippen molar-refractivity contribution in [3.63, 3.8) is 0 Å². The molecule has 1 rings (SSSR count). The zero-order chi connectivity index (χ0) is 27.8. The Morgan fingerprint density at radius 2 is 1.63 bits per heavy atom. The summed E-state index contributed by atoms with van der Waals surface area (Å²) in [6.07, 6.45) is 1.26. The minimum Gasteiger partial charge on any atom is -0.381 e. The number of hydrogen-bond donors (Lipinski definition) is 1. The van der Waals surface area contributed by atoms with Gasteiger partial charge in [0, 0.05) is 65.9 Å². The topological polar surface area (TPSA) is 124 Å². The van der Waals surface area contributed by atoms with Gasteiger partial charge in [-0.05, 0) is 26.2 Å². The number of hydrogen-bond acceptors (Lipinski definition) is 9. The molecule has 35 heavy (non-hydrogen) atoms. The van der Waals surface area contributed by atoms with Gasteiger partial charge in [0.1, 0.15) is 32.6 Å². The van der Waals surface area contributed by atoms with E-state index < -0.39 is 18.4 Å². The molecule has 1 aliphatic rings. The van der Waals surface area contributed by atoms with Gasteiger partial charge in [0.05, 0.1) is 19.8 Å². The molecular weight excluding hydrogens is 490 g/mol. The lowest BCUT2D eigenvalue weighted by atomic mass is 9.95. The molecule has 0 radical (unpaired) electrons. The molecule has 1 fully saturated rings. The molecule has 0 aromatic carbocycles. The minimum atomic E-state index is -0.832. The quantitative estimate of drug-likeness (QED) is 0.166. The van der Waals surface area contributed by atoms with E-state index in [4.69, 9.17) is 7.48 Å². The molecule has 0 aromatic rings. The van der Waals surface area contributed by atoms with E-state index in [0.717, 1.165) is 12.8 Å². The Balaban J connectivity index is 2.55. The second-order valence-corrected chi connectivity index (χ2v) is 11.2. The Bertz CT molecular complexity index is 812. The number of thioether (sulfide) groups is 2. The summed E-state index contributed by atoms with van der Waals surface area (Å²) < 4.78 is 19.3. The fourth-order valence-electron chi connectivity index (χ4n) is 3.47. The number of ketones is 3. The third kappa shape index (κ3) is 13.4. The SMILES string of the molecule is [2H]C(=O)CCC(=O)C(CSC1CCC1SCC(CC)C(=O)NCC([2H])=O)CC(=O)CCOCCC(C)=O. The number of rotatable bonds is 22. The van der Waals surface area contributed by atoms with Crippen LogP contribution in [0.3, 0.4) is 0 Å². The summed E-state index contributed by atoms with van der Waals surface area (Å²) in [4.78, 5) is 70.2. The number of Topliss-reactive ketones (excluding diaryl/α,β-unsaturated/α-hetero) is 3. The van der Waals surface area contributed by atoms with Crippen molar-refractivity contribution in [3.05, 3.63) is 0 Å². The van der Waals surface area contributed by atoms with Gasteiger partial charge < -0.3 is 19.6 Å². The molecule has 4 unspecified atom stereocenters. The molecule has 0 aromatic heterocycles. The smallest absolute Gasteiger partial charge is 0.224 e. The second-order valence-electron chi connectivity index (χ2n) is 8.65. The molecule has 4 atom stereocenters. The standard InChI is InChI=1S/C25H39NO7S2/c1-3-19(25(32)26-10-12-28)16-34-23-6-7-24(23)35-17-20(22(31)5-4-11-27)15-21(30)9-14-33-13-8-18(2)29/h11-12,19-20,23-24H,3-10,13-17H2,1-2H3,(H,26,32)/i11D,12D. The van der Waals surface area contributed by atoms with Gasteiger partial charge >= 0.3 is 0 Å². The molecule has 10 heteroatoms. The number of aldehydes is 2. The van der Waals surface area contributed by atoms with Crippen LogP contribution >= 0.6 is 23.5 Å². The molecule has 0 spiro atoms. The maximum Gasteiger partial charge on any atom is 0.224 e. The Morgan fingerprint density at radius 1 is 1.00 bits per heavy atom. The van der Waals surface area contributed by atoms with Crippen LogP contribution in [0.25, 0.3) is 0 Å². The van der Waals surface area contributed by atoms with Crippen LogP contribution in [-0.4, -0.2) is 77.5 Å². The van der Waals surface area contributed by atoms with Gasteiger partial charge in [0.25, 0.3) is 0 Å². The number of amides is 1. The van der Waals surface area contributed by atoms with Crippen molar-refractivity contribution in [1.82, 2.24) is 5.32 Å². The highest BCUT2D eigenvalue weighted by molar-refractivity contribution is 8.04. The van der Waals surface area contributed by atoms with Gasteiger partial charge in [-0.2, -0.15) is 23.5 Å². The lowest BCUT2D eigenvalue weighted by Gasteiger charge is -2.37. The van der Waals surface area contributed by atoms with Gasteiger partial charge in [0.2, 0.25) is 5.91 Å². The fraction of sp³-hybridized carbons (Fsp3) is 0.760. The summed E-state index contributed by atoms with van der Waals surface area (Å²) in [5.74, 6) is -0.230. The summed E-state index contributed by atoms with van der Waals surface area (Å²) in [5.41, 5.74) is 0. The molecule has 0 heterocycles. The van der Waals surface area contributed by atoms with Crippen molar-refractivity contribution in [1.29, 1.82) is 0 Å². The van der Waals surface area contributed by atoms with Crippen molar-refractivity contribution >= 4 is 59.3 Å². The van der Waals surface area contributed by atoms with Crippen molar-refractivity contribution < 1.29 is 36.2 Å². The van der Waals surface area contributed by atoms with E-state index in [1.807, 2.05) is 6.92 Å². The molecule has 0 saturated heterocycles. The highest BCUT2D eigenvalue weighted by Gasteiger charge is 2.34. The first-order valence-electron chi connectivity index (χ1n) is 13.1. The third-order valence-corrected chi connectivity index (χ3v) is 9.24. The Morgan fingerprint density at radius 3 is 2.17 bits per heavy atom. The van der Waals surface area contributed by atoms with Gasteiger partial charge in [-0.3, -0.25) is 19.2 Å².